The molecule has 0 bridgehead atoms. The SMILES string of the molecule is COc1ccc(N(C)C)cc1NC(=O)CC(C)=O. The molecule has 18 heavy (non-hydrogen) atoms. The molecule has 98 valence electrons. The zero-order valence-electron chi connectivity index (χ0n) is 11.1. The summed E-state index contributed by atoms with van der Waals surface area (Å²) in [7, 11) is 5.34. The third-order valence-electron chi connectivity index (χ3n) is 2.38. The smallest absolute Gasteiger partial charge is 0.231 e. The molecular formula is C13H18N2O3. The summed E-state index contributed by atoms with van der Waals surface area (Å²) in [6.45, 7) is 1.38. The number of carbonyl (C=O) groups is 2. The maximum Gasteiger partial charge on any atom is 0.231 e. The highest BCUT2D eigenvalue weighted by Gasteiger charge is 2.10. The van der Waals surface area contributed by atoms with E-state index in [1.54, 1.807) is 12.1 Å². The number of Topliss-reactive ketones (excluding diaryl/α,β-unsaturated/α-hetero) is 1. The predicted molar refractivity (Wildman–Crippen MR) is 71.2 cm³/mol. The lowest BCUT2D eigenvalue weighted by Gasteiger charge is -2.16. The van der Waals surface area contributed by atoms with Crippen molar-refractivity contribution in [1.29, 1.82) is 0 Å². The summed E-state index contributed by atoms with van der Waals surface area (Å²) in [5, 5.41) is 2.68. The Hall–Kier alpha value is -2.04. The van der Waals surface area contributed by atoms with E-state index in [0.29, 0.717) is 11.4 Å². The van der Waals surface area contributed by atoms with Crippen molar-refractivity contribution in [2.24, 2.45) is 0 Å². The highest BCUT2D eigenvalue weighted by atomic mass is 16.5. The largest absolute Gasteiger partial charge is 0.495 e. The molecule has 0 aliphatic carbocycles. The van der Waals surface area contributed by atoms with Gasteiger partial charge in [0.2, 0.25) is 5.91 Å². The summed E-state index contributed by atoms with van der Waals surface area (Å²) < 4.78 is 5.17. The molecule has 0 heterocycles. The van der Waals surface area contributed by atoms with E-state index in [4.69, 9.17) is 4.74 Å². The molecular weight excluding hydrogens is 232 g/mol. The van der Waals surface area contributed by atoms with E-state index in [2.05, 4.69) is 5.32 Å². The van der Waals surface area contributed by atoms with Crippen molar-refractivity contribution < 1.29 is 14.3 Å². The lowest BCUT2D eigenvalue weighted by Crippen LogP contribution is -2.16. The van der Waals surface area contributed by atoms with Gasteiger partial charge < -0.3 is 15.0 Å². The monoisotopic (exact) mass is 250 g/mol. The summed E-state index contributed by atoms with van der Waals surface area (Å²) in [6, 6.07) is 5.47. The number of nitrogens with one attached hydrogen (secondary N) is 1. The molecule has 1 aromatic rings. The summed E-state index contributed by atoms with van der Waals surface area (Å²) >= 11 is 0. The van der Waals surface area contributed by atoms with Crippen molar-refractivity contribution in [3.8, 4) is 5.75 Å². The van der Waals surface area contributed by atoms with Gasteiger partial charge in [0.1, 0.15) is 11.5 Å². The van der Waals surface area contributed by atoms with Crippen LogP contribution in [0.15, 0.2) is 18.2 Å². The third kappa shape index (κ3) is 3.76. The normalized spacial score (nSPS) is 9.78. The van der Waals surface area contributed by atoms with Crippen LogP contribution < -0.4 is 15.0 Å². The minimum absolute atomic E-state index is 0.130. The van der Waals surface area contributed by atoms with Crippen LogP contribution in [0.2, 0.25) is 0 Å². The molecule has 1 rings (SSSR count). The quantitative estimate of drug-likeness (QED) is 0.808. The fourth-order valence-corrected chi connectivity index (χ4v) is 1.49. The first-order chi connectivity index (χ1) is 8.43. The molecule has 0 atom stereocenters. The number of hydrogen-bond donors (Lipinski definition) is 1. The van der Waals surface area contributed by atoms with Crippen molar-refractivity contribution >= 4 is 23.1 Å². The standard InChI is InChI=1S/C13H18N2O3/c1-9(16)7-13(17)14-11-8-10(15(2)3)5-6-12(11)18-4/h5-6,8H,7H2,1-4H3,(H,14,17). The van der Waals surface area contributed by atoms with Gasteiger partial charge in [0.15, 0.2) is 0 Å². The topological polar surface area (TPSA) is 58.6 Å². The molecule has 0 fully saturated rings. The van der Waals surface area contributed by atoms with E-state index in [9.17, 15) is 9.59 Å². The Morgan fingerprint density at radius 1 is 1.33 bits per heavy atom. The molecule has 0 spiro atoms. The number of hydrogen-bond acceptors (Lipinski definition) is 4. The average Bonchev–Trinajstić information content (AvgIpc) is 2.27. The number of anilines is 2. The number of nitrogens with zero attached hydrogens (tertiary/aromatic N) is 1. The van der Waals surface area contributed by atoms with Crippen molar-refractivity contribution in [3.05, 3.63) is 18.2 Å². The van der Waals surface area contributed by atoms with E-state index >= 15 is 0 Å². The van der Waals surface area contributed by atoms with Gasteiger partial charge in [-0.3, -0.25) is 9.59 Å². The Morgan fingerprint density at radius 3 is 2.50 bits per heavy atom. The number of ether oxygens (including phenoxy) is 1. The molecule has 0 aromatic heterocycles. The van der Waals surface area contributed by atoms with Gasteiger partial charge in [0.05, 0.1) is 19.2 Å². The second kappa shape index (κ2) is 6.05. The van der Waals surface area contributed by atoms with Gasteiger partial charge >= 0.3 is 0 Å². The average molecular weight is 250 g/mol. The zero-order chi connectivity index (χ0) is 13.7. The van der Waals surface area contributed by atoms with Gasteiger partial charge in [-0.1, -0.05) is 0 Å². The minimum Gasteiger partial charge on any atom is -0.495 e. The summed E-state index contributed by atoms with van der Waals surface area (Å²) in [4.78, 5) is 24.4. The number of ketones is 1. The summed E-state index contributed by atoms with van der Waals surface area (Å²) in [5.74, 6) is 0.0597. The summed E-state index contributed by atoms with van der Waals surface area (Å²) in [5.41, 5.74) is 1.50. The Morgan fingerprint density at radius 2 is 2.00 bits per heavy atom. The zero-order valence-corrected chi connectivity index (χ0v) is 11.1. The van der Waals surface area contributed by atoms with Gasteiger partial charge in [0, 0.05) is 19.8 Å². The van der Waals surface area contributed by atoms with E-state index in [1.165, 1.54) is 14.0 Å². The fraction of sp³-hybridized carbons (Fsp3) is 0.385. The highest BCUT2D eigenvalue weighted by molar-refractivity contribution is 6.04. The van der Waals surface area contributed by atoms with Crippen LogP contribution in [0.3, 0.4) is 0 Å². The van der Waals surface area contributed by atoms with E-state index in [0.717, 1.165) is 5.69 Å². The van der Waals surface area contributed by atoms with E-state index < -0.39 is 0 Å². The lowest BCUT2D eigenvalue weighted by atomic mass is 10.2. The second-order valence-corrected chi connectivity index (χ2v) is 4.21. The number of carbonyl (C=O) groups excluding carboxylic acids is 2. The van der Waals surface area contributed by atoms with Gasteiger partial charge in [0.25, 0.3) is 0 Å². The molecule has 0 saturated carbocycles. The van der Waals surface area contributed by atoms with Crippen molar-refractivity contribution in [1.82, 2.24) is 0 Å². The van der Waals surface area contributed by atoms with Crippen molar-refractivity contribution in [3.63, 3.8) is 0 Å². The van der Waals surface area contributed by atoms with Crippen LogP contribution in [0.4, 0.5) is 11.4 Å². The first-order valence-electron chi connectivity index (χ1n) is 5.58. The minimum atomic E-state index is -0.336. The molecule has 0 unspecified atom stereocenters. The molecule has 5 nitrogen and oxygen atoms in total. The Labute approximate surface area is 107 Å². The molecule has 5 heteroatoms. The van der Waals surface area contributed by atoms with Crippen LogP contribution >= 0.6 is 0 Å². The maximum atomic E-state index is 11.6. The fourth-order valence-electron chi connectivity index (χ4n) is 1.49. The van der Waals surface area contributed by atoms with Crippen LogP contribution in [-0.2, 0) is 9.59 Å². The van der Waals surface area contributed by atoms with Crippen molar-refractivity contribution in [2.45, 2.75) is 13.3 Å². The van der Waals surface area contributed by atoms with Gasteiger partial charge in [-0.25, -0.2) is 0 Å². The van der Waals surface area contributed by atoms with Gasteiger partial charge in [-0.2, -0.15) is 0 Å². The van der Waals surface area contributed by atoms with Crippen LogP contribution in [-0.4, -0.2) is 32.9 Å². The molecule has 1 N–H and O–H groups in total. The highest BCUT2D eigenvalue weighted by Crippen LogP contribution is 2.28. The van der Waals surface area contributed by atoms with Crippen molar-refractivity contribution in [2.75, 3.05) is 31.4 Å². The van der Waals surface area contributed by atoms with E-state index in [1.807, 2.05) is 25.1 Å². The third-order valence-corrected chi connectivity index (χ3v) is 2.38. The first-order valence-corrected chi connectivity index (χ1v) is 5.58. The predicted octanol–water partition coefficient (Wildman–Crippen LogP) is 1.68. The maximum absolute atomic E-state index is 11.6. The lowest BCUT2D eigenvalue weighted by molar-refractivity contribution is -0.124. The van der Waals surface area contributed by atoms with Gasteiger partial charge in [-0.05, 0) is 25.1 Å². The van der Waals surface area contributed by atoms with Crippen LogP contribution in [0.1, 0.15) is 13.3 Å². The Bertz CT molecular complexity index is 456. The van der Waals surface area contributed by atoms with Crippen LogP contribution in [0, 0.1) is 0 Å². The molecule has 0 radical (unpaired) electrons. The number of benzene rings is 1. The second-order valence-electron chi connectivity index (χ2n) is 4.21. The van der Waals surface area contributed by atoms with E-state index in [-0.39, 0.29) is 18.1 Å². The molecule has 0 aliphatic rings. The molecule has 1 aromatic carbocycles. The van der Waals surface area contributed by atoms with Gasteiger partial charge in [-0.15, -0.1) is 0 Å². The number of methoxy groups -OCH3 is 1. The summed E-state index contributed by atoms with van der Waals surface area (Å²) in [6.07, 6.45) is -0.130. The van der Waals surface area contributed by atoms with Crippen LogP contribution in [0.5, 0.6) is 5.75 Å². The Kier molecular flexibility index (Phi) is 4.71. The molecule has 1 amide bonds. The van der Waals surface area contributed by atoms with Crippen LogP contribution in [0.25, 0.3) is 0 Å². The molecule has 0 saturated heterocycles. The number of amides is 1. The Balaban J connectivity index is 2.94. The number of rotatable bonds is 5. The molecule has 0 aliphatic heterocycles. The first kappa shape index (κ1) is 14.0.